The molecule has 0 amide bonds. The van der Waals surface area contributed by atoms with Gasteiger partial charge in [-0.15, -0.1) is 0 Å². The second-order valence-corrected chi connectivity index (χ2v) is 4.68. The SMILES string of the molecule is O=C(O[C@H]1CCCC[C@H]1O)c1ccc(Br)o1. The van der Waals surface area contributed by atoms with Crippen molar-refractivity contribution >= 4 is 21.9 Å². The smallest absolute Gasteiger partial charge is 0.374 e. The number of halogens is 1. The average molecular weight is 289 g/mol. The summed E-state index contributed by atoms with van der Waals surface area (Å²) in [6.07, 6.45) is 2.44. The third-order valence-electron chi connectivity index (χ3n) is 2.70. The van der Waals surface area contributed by atoms with Gasteiger partial charge in [0.25, 0.3) is 0 Å². The minimum absolute atomic E-state index is 0.157. The molecule has 1 aromatic rings. The van der Waals surface area contributed by atoms with Gasteiger partial charge >= 0.3 is 5.97 Å². The Morgan fingerprint density at radius 2 is 2.19 bits per heavy atom. The normalized spacial score (nSPS) is 25.4. The van der Waals surface area contributed by atoms with E-state index < -0.39 is 18.2 Å². The number of aliphatic hydroxyl groups excluding tert-OH is 1. The van der Waals surface area contributed by atoms with E-state index in [1.54, 1.807) is 12.1 Å². The lowest BCUT2D eigenvalue weighted by molar-refractivity contribution is -0.0380. The first kappa shape index (κ1) is 11.7. The van der Waals surface area contributed by atoms with E-state index in [1.807, 2.05) is 0 Å². The number of aliphatic hydroxyl groups is 1. The monoisotopic (exact) mass is 288 g/mol. The molecule has 2 rings (SSSR count). The third kappa shape index (κ3) is 2.65. The first-order valence-electron chi connectivity index (χ1n) is 5.31. The van der Waals surface area contributed by atoms with Crippen molar-refractivity contribution in [1.29, 1.82) is 0 Å². The van der Waals surface area contributed by atoms with Crippen LogP contribution in [0.15, 0.2) is 21.2 Å². The molecule has 0 radical (unpaired) electrons. The molecule has 1 N–H and O–H groups in total. The molecule has 1 aliphatic carbocycles. The Bertz CT molecular complexity index is 374. The molecule has 0 spiro atoms. The molecule has 1 fully saturated rings. The van der Waals surface area contributed by atoms with Gasteiger partial charge < -0.3 is 14.3 Å². The molecule has 88 valence electrons. The summed E-state index contributed by atoms with van der Waals surface area (Å²) in [5.41, 5.74) is 0. The van der Waals surface area contributed by atoms with Gasteiger partial charge in [0.2, 0.25) is 5.76 Å². The Balaban J connectivity index is 1.96. The van der Waals surface area contributed by atoms with Gasteiger partial charge in [0.1, 0.15) is 6.10 Å². The molecule has 2 atom stereocenters. The molecule has 0 saturated heterocycles. The second kappa shape index (κ2) is 5.01. The van der Waals surface area contributed by atoms with E-state index in [4.69, 9.17) is 9.15 Å². The maximum atomic E-state index is 11.6. The molecule has 5 heteroatoms. The van der Waals surface area contributed by atoms with Crippen LogP contribution in [0.4, 0.5) is 0 Å². The Morgan fingerprint density at radius 1 is 1.44 bits per heavy atom. The van der Waals surface area contributed by atoms with Crippen molar-refractivity contribution in [3.05, 3.63) is 22.6 Å². The van der Waals surface area contributed by atoms with E-state index in [2.05, 4.69) is 15.9 Å². The highest BCUT2D eigenvalue weighted by atomic mass is 79.9. The van der Waals surface area contributed by atoms with Crippen molar-refractivity contribution < 1.29 is 19.1 Å². The molecule has 1 heterocycles. The van der Waals surface area contributed by atoms with E-state index in [1.165, 1.54) is 0 Å². The van der Waals surface area contributed by atoms with Crippen molar-refractivity contribution in [2.45, 2.75) is 37.9 Å². The highest BCUT2D eigenvalue weighted by molar-refractivity contribution is 9.10. The van der Waals surface area contributed by atoms with Gasteiger partial charge in [0.15, 0.2) is 4.67 Å². The third-order valence-corrected chi connectivity index (χ3v) is 3.13. The van der Waals surface area contributed by atoms with Crippen LogP contribution in [0.5, 0.6) is 0 Å². The molecule has 4 nitrogen and oxygen atoms in total. The fourth-order valence-corrected chi connectivity index (χ4v) is 2.14. The first-order valence-corrected chi connectivity index (χ1v) is 6.10. The number of carbonyl (C=O) groups is 1. The van der Waals surface area contributed by atoms with Gasteiger partial charge in [-0.25, -0.2) is 4.79 Å². The summed E-state index contributed by atoms with van der Waals surface area (Å²) in [7, 11) is 0. The molecule has 1 aromatic heterocycles. The van der Waals surface area contributed by atoms with Crippen molar-refractivity contribution in [1.82, 2.24) is 0 Å². The lowest BCUT2D eigenvalue weighted by atomic mass is 9.95. The minimum atomic E-state index is -0.545. The maximum Gasteiger partial charge on any atom is 0.374 e. The van der Waals surface area contributed by atoms with Crippen LogP contribution in [0.1, 0.15) is 36.2 Å². The lowest BCUT2D eigenvalue weighted by Crippen LogP contribution is -2.34. The summed E-state index contributed by atoms with van der Waals surface area (Å²) >= 11 is 3.11. The Kier molecular flexibility index (Phi) is 3.66. The zero-order valence-electron chi connectivity index (χ0n) is 8.69. The molecule has 0 bridgehead atoms. The van der Waals surface area contributed by atoms with Crippen molar-refractivity contribution in [3.63, 3.8) is 0 Å². The quantitative estimate of drug-likeness (QED) is 0.850. The van der Waals surface area contributed by atoms with Crippen LogP contribution in [0.25, 0.3) is 0 Å². The van der Waals surface area contributed by atoms with Crippen LogP contribution in [-0.4, -0.2) is 23.3 Å². The number of rotatable bonds is 2. The zero-order valence-corrected chi connectivity index (χ0v) is 10.3. The first-order chi connectivity index (χ1) is 7.66. The molecule has 0 unspecified atom stereocenters. The highest BCUT2D eigenvalue weighted by Crippen LogP contribution is 2.23. The fourth-order valence-electron chi connectivity index (χ4n) is 1.83. The number of hydrogen-bond donors (Lipinski definition) is 1. The highest BCUT2D eigenvalue weighted by Gasteiger charge is 2.27. The van der Waals surface area contributed by atoms with E-state index >= 15 is 0 Å². The second-order valence-electron chi connectivity index (χ2n) is 3.90. The molecular weight excluding hydrogens is 276 g/mol. The minimum Gasteiger partial charge on any atom is -0.454 e. The van der Waals surface area contributed by atoms with Gasteiger partial charge in [-0.05, 0) is 47.3 Å². The van der Waals surface area contributed by atoms with Crippen LogP contribution in [0.2, 0.25) is 0 Å². The lowest BCUT2D eigenvalue weighted by Gasteiger charge is -2.26. The van der Waals surface area contributed by atoms with Gasteiger partial charge in [-0.2, -0.15) is 0 Å². The van der Waals surface area contributed by atoms with E-state index in [0.29, 0.717) is 11.1 Å². The molecule has 1 aliphatic rings. The van der Waals surface area contributed by atoms with Gasteiger partial charge in [-0.3, -0.25) is 0 Å². The molecular formula is C11H13BrO4. The maximum absolute atomic E-state index is 11.6. The summed E-state index contributed by atoms with van der Waals surface area (Å²) in [6, 6.07) is 3.18. The Hall–Kier alpha value is -0.810. The molecule has 16 heavy (non-hydrogen) atoms. The van der Waals surface area contributed by atoms with Crippen LogP contribution >= 0.6 is 15.9 Å². The van der Waals surface area contributed by atoms with Crippen molar-refractivity contribution in [2.75, 3.05) is 0 Å². The predicted molar refractivity (Wildman–Crippen MR) is 60.1 cm³/mol. The number of carbonyl (C=O) groups excluding carboxylic acids is 1. The summed E-state index contributed by atoms with van der Waals surface area (Å²) in [6.45, 7) is 0. The van der Waals surface area contributed by atoms with E-state index in [0.717, 1.165) is 19.3 Å². The predicted octanol–water partition coefficient (Wildman–Crippen LogP) is 2.50. The standard InChI is InChI=1S/C11H13BrO4/c12-10-6-5-9(15-10)11(14)16-8-4-2-1-3-7(8)13/h5-8,13H,1-4H2/t7-,8+/m1/s1. The zero-order chi connectivity index (χ0) is 11.5. The topological polar surface area (TPSA) is 59.7 Å². The summed E-state index contributed by atoms with van der Waals surface area (Å²) in [5, 5.41) is 9.65. The fraction of sp³-hybridized carbons (Fsp3) is 0.545. The number of hydrogen-bond acceptors (Lipinski definition) is 4. The van der Waals surface area contributed by atoms with Gasteiger partial charge in [0, 0.05) is 0 Å². The summed E-state index contributed by atoms with van der Waals surface area (Å²) < 4.78 is 10.8. The number of esters is 1. The summed E-state index contributed by atoms with van der Waals surface area (Å²) in [4.78, 5) is 11.6. The average Bonchev–Trinajstić information content (AvgIpc) is 2.68. The Morgan fingerprint density at radius 3 is 2.81 bits per heavy atom. The van der Waals surface area contributed by atoms with Crippen molar-refractivity contribution in [2.24, 2.45) is 0 Å². The Labute approximate surface area is 102 Å². The van der Waals surface area contributed by atoms with Crippen LogP contribution in [0.3, 0.4) is 0 Å². The number of furan rings is 1. The van der Waals surface area contributed by atoms with E-state index in [9.17, 15) is 9.90 Å². The van der Waals surface area contributed by atoms with E-state index in [-0.39, 0.29) is 5.76 Å². The largest absolute Gasteiger partial charge is 0.454 e. The van der Waals surface area contributed by atoms with Crippen LogP contribution < -0.4 is 0 Å². The number of ether oxygens (including phenoxy) is 1. The van der Waals surface area contributed by atoms with Crippen LogP contribution in [0, 0.1) is 0 Å². The molecule has 0 aromatic carbocycles. The van der Waals surface area contributed by atoms with Gasteiger partial charge in [-0.1, -0.05) is 6.42 Å². The van der Waals surface area contributed by atoms with Crippen LogP contribution in [-0.2, 0) is 4.74 Å². The molecule has 1 saturated carbocycles. The van der Waals surface area contributed by atoms with Crippen molar-refractivity contribution in [3.8, 4) is 0 Å². The van der Waals surface area contributed by atoms with Gasteiger partial charge in [0.05, 0.1) is 6.10 Å². The molecule has 0 aliphatic heterocycles. The summed E-state index contributed by atoms with van der Waals surface area (Å²) in [5.74, 6) is -0.360.